The SMILES string of the molecule is Cc1cc(C(=O)NC(CCO)C(C)C)cc(C)c1F. The largest absolute Gasteiger partial charge is 0.396 e. The number of aliphatic hydroxyl groups is 1. The summed E-state index contributed by atoms with van der Waals surface area (Å²) < 4.78 is 13.5. The van der Waals surface area contributed by atoms with Gasteiger partial charge in [-0.3, -0.25) is 4.79 Å². The molecule has 0 bridgehead atoms. The third kappa shape index (κ3) is 4.03. The fraction of sp³-hybridized carbons (Fsp3) is 0.533. The van der Waals surface area contributed by atoms with Crippen molar-refractivity contribution in [2.45, 2.75) is 40.2 Å². The summed E-state index contributed by atoms with van der Waals surface area (Å²) >= 11 is 0. The van der Waals surface area contributed by atoms with Gasteiger partial charge < -0.3 is 10.4 Å². The van der Waals surface area contributed by atoms with Crippen LogP contribution in [-0.4, -0.2) is 23.7 Å². The molecule has 1 aromatic carbocycles. The van der Waals surface area contributed by atoms with E-state index in [0.717, 1.165) is 0 Å². The summed E-state index contributed by atoms with van der Waals surface area (Å²) in [7, 11) is 0. The fourth-order valence-electron chi connectivity index (χ4n) is 2.04. The topological polar surface area (TPSA) is 49.3 Å². The smallest absolute Gasteiger partial charge is 0.251 e. The monoisotopic (exact) mass is 267 g/mol. The van der Waals surface area contributed by atoms with Gasteiger partial charge in [0.1, 0.15) is 5.82 Å². The normalized spacial score (nSPS) is 12.6. The summed E-state index contributed by atoms with van der Waals surface area (Å²) in [6.45, 7) is 7.30. The van der Waals surface area contributed by atoms with E-state index in [1.807, 2.05) is 13.8 Å². The molecule has 0 saturated carbocycles. The van der Waals surface area contributed by atoms with Crippen molar-refractivity contribution in [3.05, 3.63) is 34.6 Å². The van der Waals surface area contributed by atoms with Crippen molar-refractivity contribution in [2.24, 2.45) is 5.92 Å². The maximum absolute atomic E-state index is 13.5. The maximum Gasteiger partial charge on any atom is 0.251 e. The lowest BCUT2D eigenvalue weighted by atomic mass is 10.00. The van der Waals surface area contributed by atoms with Crippen LogP contribution >= 0.6 is 0 Å². The number of hydrogen-bond donors (Lipinski definition) is 2. The van der Waals surface area contributed by atoms with Crippen molar-refractivity contribution in [3.8, 4) is 0 Å². The van der Waals surface area contributed by atoms with Gasteiger partial charge in [0.2, 0.25) is 0 Å². The van der Waals surface area contributed by atoms with Crippen LogP contribution in [0, 0.1) is 25.6 Å². The summed E-state index contributed by atoms with van der Waals surface area (Å²) in [5, 5.41) is 11.9. The zero-order valence-electron chi connectivity index (χ0n) is 12.0. The van der Waals surface area contributed by atoms with Gasteiger partial charge in [-0.05, 0) is 49.4 Å². The molecule has 0 fully saturated rings. The highest BCUT2D eigenvalue weighted by Crippen LogP contribution is 2.15. The number of carbonyl (C=O) groups is 1. The van der Waals surface area contributed by atoms with Crippen molar-refractivity contribution in [1.82, 2.24) is 5.32 Å². The minimum atomic E-state index is -0.271. The third-order valence-electron chi connectivity index (χ3n) is 3.26. The first kappa shape index (κ1) is 15.6. The van der Waals surface area contributed by atoms with Crippen LogP contribution in [0.5, 0.6) is 0 Å². The molecular weight excluding hydrogens is 245 g/mol. The lowest BCUT2D eigenvalue weighted by Gasteiger charge is -2.21. The van der Waals surface area contributed by atoms with Gasteiger partial charge >= 0.3 is 0 Å². The summed E-state index contributed by atoms with van der Waals surface area (Å²) in [6, 6.07) is 3.02. The summed E-state index contributed by atoms with van der Waals surface area (Å²) in [5.74, 6) is -0.260. The number of aryl methyl sites for hydroxylation is 2. The molecule has 1 aromatic rings. The molecule has 0 aromatic heterocycles. The number of hydrogen-bond acceptors (Lipinski definition) is 2. The Morgan fingerprint density at radius 2 is 1.84 bits per heavy atom. The number of aliphatic hydroxyl groups excluding tert-OH is 1. The number of halogens is 1. The van der Waals surface area contributed by atoms with E-state index in [2.05, 4.69) is 5.32 Å². The van der Waals surface area contributed by atoms with E-state index in [1.54, 1.807) is 26.0 Å². The van der Waals surface area contributed by atoms with E-state index in [1.165, 1.54) is 0 Å². The predicted octanol–water partition coefficient (Wildman–Crippen LogP) is 2.58. The predicted molar refractivity (Wildman–Crippen MR) is 73.7 cm³/mol. The van der Waals surface area contributed by atoms with Crippen molar-refractivity contribution in [2.75, 3.05) is 6.61 Å². The summed E-state index contributed by atoms with van der Waals surface area (Å²) in [4.78, 5) is 12.1. The third-order valence-corrected chi connectivity index (χ3v) is 3.26. The van der Waals surface area contributed by atoms with Gasteiger partial charge in [-0.25, -0.2) is 4.39 Å². The van der Waals surface area contributed by atoms with E-state index < -0.39 is 0 Å². The second-order valence-corrected chi connectivity index (χ2v) is 5.26. The lowest BCUT2D eigenvalue weighted by Crippen LogP contribution is -2.39. The van der Waals surface area contributed by atoms with Crippen LogP contribution in [0.1, 0.15) is 41.8 Å². The van der Waals surface area contributed by atoms with Gasteiger partial charge in [-0.2, -0.15) is 0 Å². The van der Waals surface area contributed by atoms with E-state index >= 15 is 0 Å². The van der Waals surface area contributed by atoms with Gasteiger partial charge in [0.25, 0.3) is 5.91 Å². The Hall–Kier alpha value is -1.42. The van der Waals surface area contributed by atoms with Crippen LogP contribution in [0.3, 0.4) is 0 Å². The molecule has 4 heteroatoms. The minimum absolute atomic E-state index is 0.0323. The average molecular weight is 267 g/mol. The second-order valence-electron chi connectivity index (χ2n) is 5.26. The Bertz CT molecular complexity index is 434. The van der Waals surface area contributed by atoms with Crippen molar-refractivity contribution in [3.63, 3.8) is 0 Å². The molecule has 0 aliphatic rings. The highest BCUT2D eigenvalue weighted by molar-refractivity contribution is 5.94. The molecule has 0 heterocycles. The highest BCUT2D eigenvalue weighted by Gasteiger charge is 2.17. The van der Waals surface area contributed by atoms with E-state index in [0.29, 0.717) is 23.1 Å². The molecule has 1 unspecified atom stereocenters. The lowest BCUT2D eigenvalue weighted by molar-refractivity contribution is 0.0916. The summed E-state index contributed by atoms with van der Waals surface area (Å²) in [5.41, 5.74) is 1.39. The van der Waals surface area contributed by atoms with Crippen molar-refractivity contribution in [1.29, 1.82) is 0 Å². The molecule has 106 valence electrons. The first-order chi connectivity index (χ1) is 8.86. The zero-order chi connectivity index (χ0) is 14.6. The number of carbonyl (C=O) groups excluding carboxylic acids is 1. The molecule has 1 atom stereocenters. The van der Waals surface area contributed by atoms with E-state index in [4.69, 9.17) is 5.11 Å². The van der Waals surface area contributed by atoms with Crippen molar-refractivity contribution < 1.29 is 14.3 Å². The van der Waals surface area contributed by atoms with Gasteiger partial charge in [0.15, 0.2) is 0 Å². The van der Waals surface area contributed by atoms with Crippen LogP contribution < -0.4 is 5.32 Å². The Balaban J connectivity index is 2.88. The summed E-state index contributed by atoms with van der Waals surface area (Å²) in [6.07, 6.45) is 0.516. The van der Waals surface area contributed by atoms with Crippen LogP contribution in [0.4, 0.5) is 4.39 Å². The second kappa shape index (κ2) is 6.66. The molecule has 1 amide bonds. The zero-order valence-corrected chi connectivity index (χ0v) is 12.0. The molecule has 0 radical (unpaired) electrons. The van der Waals surface area contributed by atoms with Gasteiger partial charge in [0, 0.05) is 18.2 Å². The van der Waals surface area contributed by atoms with Crippen LogP contribution in [0.2, 0.25) is 0 Å². The fourth-order valence-corrected chi connectivity index (χ4v) is 2.04. The Labute approximate surface area is 113 Å². The Morgan fingerprint density at radius 3 is 2.26 bits per heavy atom. The molecule has 3 nitrogen and oxygen atoms in total. The Kier molecular flexibility index (Phi) is 5.48. The van der Waals surface area contributed by atoms with Gasteiger partial charge in [0.05, 0.1) is 0 Å². The molecule has 2 N–H and O–H groups in total. The molecule has 0 aliphatic carbocycles. The first-order valence-corrected chi connectivity index (χ1v) is 6.55. The molecule has 19 heavy (non-hydrogen) atoms. The quantitative estimate of drug-likeness (QED) is 0.861. The Morgan fingerprint density at radius 1 is 1.32 bits per heavy atom. The maximum atomic E-state index is 13.5. The average Bonchev–Trinajstić information content (AvgIpc) is 2.34. The molecule has 0 aliphatic heterocycles. The van der Waals surface area contributed by atoms with Crippen LogP contribution in [0.25, 0.3) is 0 Å². The molecule has 0 saturated heterocycles. The number of rotatable bonds is 5. The van der Waals surface area contributed by atoms with E-state index in [-0.39, 0.29) is 30.3 Å². The van der Waals surface area contributed by atoms with Crippen molar-refractivity contribution >= 4 is 5.91 Å². The molecular formula is C15H22FNO2. The van der Waals surface area contributed by atoms with Crippen LogP contribution in [-0.2, 0) is 0 Å². The highest BCUT2D eigenvalue weighted by atomic mass is 19.1. The van der Waals surface area contributed by atoms with Gasteiger partial charge in [-0.1, -0.05) is 13.8 Å². The van der Waals surface area contributed by atoms with Gasteiger partial charge in [-0.15, -0.1) is 0 Å². The minimum Gasteiger partial charge on any atom is -0.396 e. The first-order valence-electron chi connectivity index (χ1n) is 6.55. The van der Waals surface area contributed by atoms with Crippen LogP contribution in [0.15, 0.2) is 12.1 Å². The number of nitrogens with one attached hydrogen (secondary N) is 1. The molecule has 0 spiro atoms. The number of benzene rings is 1. The van der Waals surface area contributed by atoms with E-state index in [9.17, 15) is 9.18 Å². The number of amides is 1. The standard InChI is InChI=1S/C15H22FNO2/c1-9(2)13(5-6-18)17-15(19)12-7-10(3)14(16)11(4)8-12/h7-9,13,18H,5-6H2,1-4H3,(H,17,19). The molecule has 1 rings (SSSR count).